The lowest BCUT2D eigenvalue weighted by Crippen LogP contribution is -2.50. The van der Waals surface area contributed by atoms with Gasteiger partial charge in [0.1, 0.15) is 23.5 Å². The summed E-state index contributed by atoms with van der Waals surface area (Å²) in [7, 11) is 0. The van der Waals surface area contributed by atoms with Gasteiger partial charge in [0.25, 0.3) is 0 Å². The number of amides is 1. The van der Waals surface area contributed by atoms with E-state index in [4.69, 9.17) is 0 Å². The van der Waals surface area contributed by atoms with E-state index in [-0.39, 0.29) is 11.7 Å². The fraction of sp³-hybridized carbons (Fsp3) is 0.471. The Hall–Kier alpha value is -2.28. The number of carbonyl (C=O) groups is 1. The summed E-state index contributed by atoms with van der Waals surface area (Å²) in [4.78, 5) is 24.6. The van der Waals surface area contributed by atoms with Crippen molar-refractivity contribution in [2.45, 2.75) is 18.9 Å². The number of rotatable bonds is 4. The van der Waals surface area contributed by atoms with Crippen molar-refractivity contribution in [2.24, 2.45) is 0 Å². The van der Waals surface area contributed by atoms with E-state index in [0.29, 0.717) is 18.1 Å². The number of para-hydroxylation sites is 1. The lowest BCUT2D eigenvalue weighted by Gasteiger charge is -2.35. The molecular weight excluding hydrogens is 309 g/mol. The number of benzene rings is 1. The number of aromatic nitrogens is 2. The number of hydrogen-bond donors (Lipinski definition) is 1. The highest BCUT2D eigenvalue weighted by Crippen LogP contribution is 2.25. The molecule has 2 aromatic rings. The summed E-state index contributed by atoms with van der Waals surface area (Å²) in [6.07, 6.45) is 3.63. The Morgan fingerprint density at radius 3 is 2.75 bits per heavy atom. The first-order chi connectivity index (χ1) is 11.7. The Morgan fingerprint density at radius 2 is 2.00 bits per heavy atom. The number of carbonyl (C=O) groups excluding carboxylic acids is 1. The zero-order chi connectivity index (χ0) is 16.5. The average Bonchev–Trinajstić information content (AvgIpc) is 3.39. The third-order valence-corrected chi connectivity index (χ3v) is 4.58. The first-order valence-electron chi connectivity index (χ1n) is 8.36. The Morgan fingerprint density at radius 1 is 1.21 bits per heavy atom. The predicted octanol–water partition coefficient (Wildman–Crippen LogP) is 1.17. The summed E-state index contributed by atoms with van der Waals surface area (Å²) in [5.74, 6) is 0.550. The van der Waals surface area contributed by atoms with E-state index < -0.39 is 0 Å². The normalized spacial score (nSPS) is 18.8. The first kappa shape index (κ1) is 15.3. The summed E-state index contributed by atoms with van der Waals surface area (Å²) in [5, 5.41) is 3.75. The molecule has 7 heteroatoms. The zero-order valence-corrected chi connectivity index (χ0v) is 13.4. The number of nitrogens with zero attached hydrogens (tertiary/aromatic N) is 4. The predicted molar refractivity (Wildman–Crippen MR) is 89.3 cm³/mol. The third-order valence-electron chi connectivity index (χ3n) is 4.58. The van der Waals surface area contributed by atoms with Gasteiger partial charge < -0.3 is 10.2 Å². The molecule has 4 rings (SSSR count). The Bertz CT molecular complexity index is 756. The molecule has 6 nitrogen and oxygen atoms in total. The zero-order valence-electron chi connectivity index (χ0n) is 13.4. The average molecular weight is 329 g/mol. The highest BCUT2D eigenvalue weighted by atomic mass is 19.1. The number of piperazine rings is 1. The van der Waals surface area contributed by atoms with Crippen LogP contribution >= 0.6 is 0 Å². The third kappa shape index (κ3) is 3.17. The van der Waals surface area contributed by atoms with E-state index in [1.807, 2.05) is 6.07 Å². The van der Waals surface area contributed by atoms with E-state index in [9.17, 15) is 9.18 Å². The van der Waals surface area contributed by atoms with Crippen LogP contribution in [0.3, 0.4) is 0 Å². The van der Waals surface area contributed by atoms with Crippen LogP contribution in [0.4, 0.5) is 10.2 Å². The van der Waals surface area contributed by atoms with Gasteiger partial charge in [-0.2, -0.15) is 0 Å². The monoisotopic (exact) mass is 329 g/mol. The molecule has 0 radical (unpaired) electrons. The maximum absolute atomic E-state index is 13.9. The highest BCUT2D eigenvalue weighted by molar-refractivity contribution is 5.89. The summed E-state index contributed by atoms with van der Waals surface area (Å²) in [6, 6.07) is 5.35. The van der Waals surface area contributed by atoms with Crippen molar-refractivity contribution in [2.75, 3.05) is 37.6 Å². The van der Waals surface area contributed by atoms with E-state index >= 15 is 0 Å². The van der Waals surface area contributed by atoms with Crippen LogP contribution in [0, 0.1) is 5.82 Å². The molecule has 24 heavy (non-hydrogen) atoms. The largest absolute Gasteiger partial charge is 0.353 e. The summed E-state index contributed by atoms with van der Waals surface area (Å²) in [5.41, 5.74) is 0.355. The molecule has 1 aromatic carbocycles. The SMILES string of the molecule is O=C(CN1CCN(c2ncnc3c(F)cccc23)CC1)NC1CC1. The number of anilines is 1. The molecule has 0 bridgehead atoms. The van der Waals surface area contributed by atoms with E-state index in [2.05, 4.69) is 25.1 Å². The number of fused-ring (bicyclic) bond motifs is 1. The molecule has 2 aliphatic rings. The molecule has 1 N–H and O–H groups in total. The fourth-order valence-electron chi connectivity index (χ4n) is 3.11. The quantitative estimate of drug-likeness (QED) is 0.912. The lowest BCUT2D eigenvalue weighted by atomic mass is 10.2. The number of hydrogen-bond acceptors (Lipinski definition) is 5. The second-order valence-corrected chi connectivity index (χ2v) is 6.44. The number of nitrogens with one attached hydrogen (secondary N) is 1. The maximum Gasteiger partial charge on any atom is 0.234 e. The van der Waals surface area contributed by atoms with Crippen LogP contribution in [-0.2, 0) is 4.79 Å². The second-order valence-electron chi connectivity index (χ2n) is 6.44. The summed E-state index contributed by atoms with van der Waals surface area (Å²) in [6.45, 7) is 3.56. The van der Waals surface area contributed by atoms with Crippen LogP contribution in [0.15, 0.2) is 24.5 Å². The number of halogens is 1. The van der Waals surface area contributed by atoms with Gasteiger partial charge in [-0.05, 0) is 25.0 Å². The molecule has 1 saturated carbocycles. The molecule has 1 aliphatic heterocycles. The van der Waals surface area contributed by atoms with Crippen molar-refractivity contribution in [3.63, 3.8) is 0 Å². The lowest BCUT2D eigenvalue weighted by molar-refractivity contribution is -0.122. The minimum atomic E-state index is -0.327. The summed E-state index contributed by atoms with van der Waals surface area (Å²) < 4.78 is 13.9. The highest BCUT2D eigenvalue weighted by Gasteiger charge is 2.26. The van der Waals surface area contributed by atoms with Crippen molar-refractivity contribution >= 4 is 22.6 Å². The molecule has 1 aromatic heterocycles. The minimum absolute atomic E-state index is 0.112. The maximum atomic E-state index is 13.9. The molecule has 2 heterocycles. The van der Waals surface area contributed by atoms with Crippen molar-refractivity contribution in [3.05, 3.63) is 30.3 Å². The van der Waals surface area contributed by atoms with Gasteiger partial charge in [0.2, 0.25) is 5.91 Å². The fourth-order valence-corrected chi connectivity index (χ4v) is 3.11. The van der Waals surface area contributed by atoms with Gasteiger partial charge in [-0.1, -0.05) is 6.07 Å². The Balaban J connectivity index is 1.42. The van der Waals surface area contributed by atoms with Crippen LogP contribution in [0.5, 0.6) is 0 Å². The van der Waals surface area contributed by atoms with Gasteiger partial charge in [-0.25, -0.2) is 14.4 Å². The molecule has 0 unspecified atom stereocenters. The first-order valence-corrected chi connectivity index (χ1v) is 8.36. The standard InChI is InChI=1S/C17H20FN5O/c18-14-3-1-2-13-16(14)19-11-20-17(13)23-8-6-22(7-9-23)10-15(24)21-12-4-5-12/h1-3,11-12H,4-10H2,(H,21,24). The summed E-state index contributed by atoms with van der Waals surface area (Å²) >= 11 is 0. The topological polar surface area (TPSA) is 61.4 Å². The van der Waals surface area contributed by atoms with Gasteiger partial charge in [0.15, 0.2) is 0 Å². The molecule has 0 atom stereocenters. The van der Waals surface area contributed by atoms with E-state index in [1.165, 1.54) is 12.4 Å². The minimum Gasteiger partial charge on any atom is -0.353 e. The van der Waals surface area contributed by atoms with Crippen molar-refractivity contribution in [1.82, 2.24) is 20.2 Å². The van der Waals surface area contributed by atoms with Gasteiger partial charge >= 0.3 is 0 Å². The van der Waals surface area contributed by atoms with Crippen LogP contribution in [-0.4, -0.2) is 59.5 Å². The van der Waals surface area contributed by atoms with Crippen molar-refractivity contribution in [1.29, 1.82) is 0 Å². The van der Waals surface area contributed by atoms with Crippen LogP contribution < -0.4 is 10.2 Å². The van der Waals surface area contributed by atoms with E-state index in [0.717, 1.165) is 50.2 Å². The van der Waals surface area contributed by atoms with Crippen LogP contribution in [0.25, 0.3) is 10.9 Å². The molecule has 0 spiro atoms. The second kappa shape index (κ2) is 6.32. The molecule has 1 aliphatic carbocycles. The Kier molecular flexibility index (Phi) is 4.02. The molecule has 2 fully saturated rings. The van der Waals surface area contributed by atoms with Gasteiger partial charge in [-0.15, -0.1) is 0 Å². The van der Waals surface area contributed by atoms with Crippen LogP contribution in [0.2, 0.25) is 0 Å². The smallest absolute Gasteiger partial charge is 0.234 e. The molecule has 126 valence electrons. The van der Waals surface area contributed by atoms with Gasteiger partial charge in [0.05, 0.1) is 6.54 Å². The molecule has 1 saturated heterocycles. The Labute approximate surface area is 139 Å². The molecule has 1 amide bonds. The van der Waals surface area contributed by atoms with E-state index in [1.54, 1.807) is 6.07 Å². The van der Waals surface area contributed by atoms with Crippen molar-refractivity contribution in [3.8, 4) is 0 Å². The van der Waals surface area contributed by atoms with Crippen molar-refractivity contribution < 1.29 is 9.18 Å². The van der Waals surface area contributed by atoms with Gasteiger partial charge in [-0.3, -0.25) is 9.69 Å². The van der Waals surface area contributed by atoms with Crippen LogP contribution in [0.1, 0.15) is 12.8 Å². The van der Waals surface area contributed by atoms with Gasteiger partial charge in [0, 0.05) is 37.6 Å². The molecular formula is C17H20FN5O.